The SMILES string of the molecule is CCCCCCc1cc(Cl)cc(=N)n1O. The van der Waals surface area contributed by atoms with Crippen LogP contribution in [0.25, 0.3) is 0 Å². The lowest BCUT2D eigenvalue weighted by Gasteiger charge is -2.07. The minimum absolute atomic E-state index is 0.0352. The second-order valence-corrected chi connectivity index (χ2v) is 4.11. The molecule has 1 aromatic rings. The van der Waals surface area contributed by atoms with Gasteiger partial charge < -0.3 is 5.21 Å². The molecule has 0 unspecified atom stereocenters. The van der Waals surface area contributed by atoms with Crippen LogP contribution in [0, 0.1) is 5.41 Å². The molecule has 0 fully saturated rings. The number of halogens is 1. The number of unbranched alkanes of at least 4 members (excludes halogenated alkanes) is 3. The van der Waals surface area contributed by atoms with Crippen LogP contribution in [0.1, 0.15) is 38.3 Å². The van der Waals surface area contributed by atoms with Crippen molar-refractivity contribution >= 4 is 11.6 Å². The third-order valence-corrected chi connectivity index (χ3v) is 2.58. The zero-order valence-corrected chi connectivity index (χ0v) is 9.72. The molecule has 2 N–H and O–H groups in total. The number of nitrogens with one attached hydrogen (secondary N) is 1. The first kappa shape index (κ1) is 12.1. The minimum atomic E-state index is 0.0352. The van der Waals surface area contributed by atoms with E-state index in [1.54, 1.807) is 6.07 Å². The van der Waals surface area contributed by atoms with Crippen LogP contribution < -0.4 is 5.49 Å². The summed E-state index contributed by atoms with van der Waals surface area (Å²) in [6, 6.07) is 3.14. The van der Waals surface area contributed by atoms with Gasteiger partial charge in [0.2, 0.25) is 0 Å². The van der Waals surface area contributed by atoms with Crippen molar-refractivity contribution in [1.82, 2.24) is 4.73 Å². The number of hydrogen-bond acceptors (Lipinski definition) is 2. The van der Waals surface area contributed by atoms with Crippen molar-refractivity contribution in [3.63, 3.8) is 0 Å². The number of nitrogens with zero attached hydrogens (tertiary/aromatic N) is 1. The van der Waals surface area contributed by atoms with Crippen LogP contribution in [0.5, 0.6) is 0 Å². The molecule has 0 spiro atoms. The first-order valence-corrected chi connectivity index (χ1v) is 5.68. The third kappa shape index (κ3) is 3.59. The van der Waals surface area contributed by atoms with Gasteiger partial charge in [-0.25, -0.2) is 0 Å². The molecule has 0 saturated heterocycles. The highest BCUT2D eigenvalue weighted by Gasteiger charge is 2.02. The average Bonchev–Trinajstić information content (AvgIpc) is 2.19. The quantitative estimate of drug-likeness (QED) is 0.591. The molecule has 3 nitrogen and oxygen atoms in total. The van der Waals surface area contributed by atoms with E-state index >= 15 is 0 Å². The van der Waals surface area contributed by atoms with E-state index in [-0.39, 0.29) is 5.49 Å². The van der Waals surface area contributed by atoms with Crippen molar-refractivity contribution in [2.75, 3.05) is 0 Å². The summed E-state index contributed by atoms with van der Waals surface area (Å²) in [5, 5.41) is 17.5. The lowest BCUT2D eigenvalue weighted by molar-refractivity contribution is 0.160. The number of rotatable bonds is 5. The first-order chi connectivity index (χ1) is 7.15. The van der Waals surface area contributed by atoms with E-state index in [1.807, 2.05) is 0 Å². The average molecular weight is 229 g/mol. The van der Waals surface area contributed by atoms with Crippen LogP contribution in [0.3, 0.4) is 0 Å². The van der Waals surface area contributed by atoms with Crippen molar-refractivity contribution in [2.45, 2.75) is 39.0 Å². The van der Waals surface area contributed by atoms with E-state index in [4.69, 9.17) is 17.0 Å². The van der Waals surface area contributed by atoms with E-state index in [1.165, 1.54) is 18.9 Å². The molecular formula is C11H17ClN2O. The maximum Gasteiger partial charge on any atom is 0.162 e. The van der Waals surface area contributed by atoms with E-state index in [2.05, 4.69) is 6.92 Å². The van der Waals surface area contributed by atoms with Crippen molar-refractivity contribution < 1.29 is 5.21 Å². The summed E-state index contributed by atoms with van der Waals surface area (Å²) < 4.78 is 0.901. The lowest BCUT2D eigenvalue weighted by Crippen LogP contribution is -2.20. The normalized spacial score (nSPS) is 10.5. The van der Waals surface area contributed by atoms with Gasteiger partial charge in [-0.2, -0.15) is 4.73 Å². The molecule has 84 valence electrons. The number of pyridine rings is 1. The highest BCUT2D eigenvalue weighted by Crippen LogP contribution is 2.10. The second kappa shape index (κ2) is 5.81. The molecule has 0 saturated carbocycles. The van der Waals surface area contributed by atoms with Gasteiger partial charge in [0.05, 0.1) is 5.69 Å². The fraction of sp³-hybridized carbons (Fsp3) is 0.545. The zero-order chi connectivity index (χ0) is 11.3. The highest BCUT2D eigenvalue weighted by molar-refractivity contribution is 6.30. The van der Waals surface area contributed by atoms with E-state index in [0.29, 0.717) is 10.7 Å². The number of aryl methyl sites for hydroxylation is 1. The summed E-state index contributed by atoms with van der Waals surface area (Å²) in [5.41, 5.74) is 0.747. The van der Waals surface area contributed by atoms with Crippen molar-refractivity contribution in [1.29, 1.82) is 5.41 Å². The Kier molecular flexibility index (Phi) is 4.69. The molecule has 0 atom stereocenters. The largest absolute Gasteiger partial charge is 0.427 e. The number of hydrogen-bond donors (Lipinski definition) is 2. The minimum Gasteiger partial charge on any atom is -0.427 e. The highest BCUT2D eigenvalue weighted by atomic mass is 35.5. The van der Waals surface area contributed by atoms with Crippen molar-refractivity contribution in [3.05, 3.63) is 28.3 Å². The standard InChI is InChI=1S/C11H17ClN2O/c1-2-3-4-5-6-10-7-9(12)8-11(13)14(10)15/h7-8,13,15H,2-6H2,1H3. The van der Waals surface area contributed by atoms with Crippen LogP contribution >= 0.6 is 11.6 Å². The Morgan fingerprint density at radius 2 is 2.07 bits per heavy atom. The predicted octanol–water partition coefficient (Wildman–Crippen LogP) is 2.98. The summed E-state index contributed by atoms with van der Waals surface area (Å²) >= 11 is 5.82. The fourth-order valence-electron chi connectivity index (χ4n) is 1.52. The van der Waals surface area contributed by atoms with Crippen LogP contribution in [-0.4, -0.2) is 9.94 Å². The molecular weight excluding hydrogens is 212 g/mol. The van der Waals surface area contributed by atoms with Gasteiger partial charge in [0.1, 0.15) is 0 Å². The molecule has 0 aliphatic rings. The van der Waals surface area contributed by atoms with Gasteiger partial charge in [-0.15, -0.1) is 0 Å². The van der Waals surface area contributed by atoms with Gasteiger partial charge in [0.25, 0.3) is 0 Å². The van der Waals surface area contributed by atoms with Crippen LogP contribution in [0.15, 0.2) is 12.1 Å². The monoisotopic (exact) mass is 228 g/mol. The van der Waals surface area contributed by atoms with Gasteiger partial charge in [-0.3, -0.25) is 5.41 Å². The van der Waals surface area contributed by atoms with Crippen molar-refractivity contribution in [3.8, 4) is 0 Å². The molecule has 0 aliphatic carbocycles. The summed E-state index contributed by atoms with van der Waals surface area (Å²) in [4.78, 5) is 0. The molecule has 1 heterocycles. The molecule has 1 aromatic heterocycles. The Bertz CT molecular complexity index is 373. The Balaban J connectivity index is 2.64. The predicted molar refractivity (Wildman–Crippen MR) is 60.3 cm³/mol. The Hall–Kier alpha value is -0.960. The molecule has 0 radical (unpaired) electrons. The van der Waals surface area contributed by atoms with Crippen LogP contribution in [-0.2, 0) is 6.42 Å². The van der Waals surface area contributed by atoms with Gasteiger partial charge in [0, 0.05) is 11.1 Å². The maximum atomic E-state index is 9.55. The van der Waals surface area contributed by atoms with E-state index in [9.17, 15) is 5.21 Å². The smallest absolute Gasteiger partial charge is 0.162 e. The fourth-order valence-corrected chi connectivity index (χ4v) is 1.75. The third-order valence-electron chi connectivity index (χ3n) is 2.37. The molecule has 0 amide bonds. The maximum absolute atomic E-state index is 9.55. The topological polar surface area (TPSA) is 49.0 Å². The summed E-state index contributed by atoms with van der Waals surface area (Å²) in [5.74, 6) is 0. The first-order valence-electron chi connectivity index (χ1n) is 5.30. The molecule has 0 aliphatic heterocycles. The number of aromatic nitrogens is 1. The van der Waals surface area contributed by atoms with Gasteiger partial charge >= 0.3 is 0 Å². The summed E-state index contributed by atoms with van der Waals surface area (Å²) in [6.07, 6.45) is 5.34. The van der Waals surface area contributed by atoms with E-state index < -0.39 is 0 Å². The molecule has 15 heavy (non-hydrogen) atoms. The van der Waals surface area contributed by atoms with Crippen LogP contribution in [0.2, 0.25) is 5.02 Å². The molecule has 0 bridgehead atoms. The van der Waals surface area contributed by atoms with Gasteiger partial charge in [0.15, 0.2) is 5.49 Å². The Labute approximate surface area is 94.8 Å². The zero-order valence-electron chi connectivity index (χ0n) is 8.96. The van der Waals surface area contributed by atoms with E-state index in [0.717, 1.165) is 24.0 Å². The summed E-state index contributed by atoms with van der Waals surface area (Å²) in [7, 11) is 0. The Morgan fingerprint density at radius 3 is 2.73 bits per heavy atom. The molecule has 1 rings (SSSR count). The van der Waals surface area contributed by atoms with Gasteiger partial charge in [-0.1, -0.05) is 37.8 Å². The van der Waals surface area contributed by atoms with Crippen molar-refractivity contribution in [2.24, 2.45) is 0 Å². The molecule has 4 heteroatoms. The second-order valence-electron chi connectivity index (χ2n) is 3.67. The van der Waals surface area contributed by atoms with Crippen LogP contribution in [0.4, 0.5) is 0 Å². The summed E-state index contributed by atoms with van der Waals surface area (Å²) in [6.45, 7) is 2.16. The lowest BCUT2D eigenvalue weighted by atomic mass is 10.1. The Morgan fingerprint density at radius 1 is 1.33 bits per heavy atom. The molecule has 0 aromatic carbocycles. The van der Waals surface area contributed by atoms with Gasteiger partial charge in [-0.05, 0) is 18.9 Å².